The average molecular weight is 244 g/mol. The van der Waals surface area contributed by atoms with Gasteiger partial charge < -0.3 is 22.2 Å². The average Bonchev–Trinajstić information content (AvgIpc) is 2.03. The number of carbonyl (C=O) groups is 1. The zero-order valence-electron chi connectivity index (χ0n) is 11.9. The summed E-state index contributed by atoms with van der Waals surface area (Å²) in [4.78, 5) is 9.44. The molecule has 0 atom stereocenters. The van der Waals surface area contributed by atoms with E-state index < -0.39 is 0 Å². The standard InChI is InChI=1S/C7H8.C3H9N.C3H6O.H3N.H2O/c1-7-5-3-2-4-6-7;2*1-3(2)4;;/h2-6H,1H3;3H,4H2,1-2H3;1-2H3;1H3;1H2. The van der Waals surface area contributed by atoms with Gasteiger partial charge in [0.15, 0.2) is 0 Å². The van der Waals surface area contributed by atoms with Crippen molar-refractivity contribution in [3.8, 4) is 0 Å². The molecule has 0 fully saturated rings. The third-order valence-corrected chi connectivity index (χ3v) is 0.940. The molecule has 0 aromatic heterocycles. The second kappa shape index (κ2) is 17.2. The number of benzene rings is 1. The summed E-state index contributed by atoms with van der Waals surface area (Å²) < 4.78 is 0. The van der Waals surface area contributed by atoms with Gasteiger partial charge in [-0.05, 0) is 26.8 Å². The summed E-state index contributed by atoms with van der Waals surface area (Å²) in [5, 5.41) is 0. The molecule has 7 N–H and O–H groups in total. The van der Waals surface area contributed by atoms with Crippen molar-refractivity contribution in [3.63, 3.8) is 0 Å². The largest absolute Gasteiger partial charge is 0.870 e. The van der Waals surface area contributed by atoms with E-state index in [2.05, 4.69) is 19.1 Å². The Morgan fingerprint density at radius 1 is 1.12 bits per heavy atom. The second-order valence-electron chi connectivity index (χ2n) is 3.81. The van der Waals surface area contributed by atoms with Crippen LogP contribution in [0.5, 0.6) is 0 Å². The lowest BCUT2D eigenvalue weighted by Crippen LogP contribution is -2.06. The minimum atomic E-state index is 0. The lowest BCUT2D eigenvalue weighted by Gasteiger charge is -1.82. The molecule has 4 heteroatoms. The number of ketones is 1. The number of hydrogen-bond acceptors (Lipinski definition) is 3. The van der Waals surface area contributed by atoms with Gasteiger partial charge in [0, 0.05) is 0 Å². The van der Waals surface area contributed by atoms with Gasteiger partial charge in [0.05, 0.1) is 0 Å². The van der Waals surface area contributed by atoms with E-state index in [1.54, 1.807) is 0 Å². The monoisotopic (exact) mass is 244 g/mol. The Hall–Kier alpha value is -1.23. The summed E-state index contributed by atoms with van der Waals surface area (Å²) in [6.45, 7) is 9.03. The smallest absolute Gasteiger partial charge is 0.126 e. The van der Waals surface area contributed by atoms with E-state index in [4.69, 9.17) is 5.73 Å². The summed E-state index contributed by atoms with van der Waals surface area (Å²) in [5.41, 5.74) is 6.43. The summed E-state index contributed by atoms with van der Waals surface area (Å²) in [6.07, 6.45) is 0. The number of quaternary nitrogens is 1. The molecule has 0 aliphatic rings. The maximum atomic E-state index is 9.44. The highest BCUT2D eigenvalue weighted by molar-refractivity contribution is 5.72. The Balaban J connectivity index is -0.0000000755. The minimum Gasteiger partial charge on any atom is -0.870 e. The predicted molar refractivity (Wildman–Crippen MR) is 74.8 cm³/mol. The maximum Gasteiger partial charge on any atom is 0.126 e. The fraction of sp³-hybridized carbons (Fsp3) is 0.462. The van der Waals surface area contributed by atoms with Gasteiger partial charge in [-0.3, -0.25) is 0 Å². The maximum absolute atomic E-state index is 9.44. The summed E-state index contributed by atoms with van der Waals surface area (Å²) in [7, 11) is 0. The predicted octanol–water partition coefficient (Wildman–Crippen LogP) is 3.14. The quantitative estimate of drug-likeness (QED) is 0.731. The third kappa shape index (κ3) is 52.6. The Morgan fingerprint density at radius 2 is 1.35 bits per heavy atom. The van der Waals surface area contributed by atoms with E-state index in [-0.39, 0.29) is 17.4 Å². The highest BCUT2D eigenvalue weighted by atomic mass is 16.1. The summed E-state index contributed by atoms with van der Waals surface area (Å²) in [5.74, 6) is 0.167. The molecule has 1 aromatic carbocycles. The fourth-order valence-electron chi connectivity index (χ4n) is 0.534. The van der Waals surface area contributed by atoms with Crippen molar-refractivity contribution in [2.24, 2.45) is 5.73 Å². The molecule has 1 rings (SSSR count). The van der Waals surface area contributed by atoms with Gasteiger partial charge in [0.2, 0.25) is 0 Å². The zero-order valence-corrected chi connectivity index (χ0v) is 11.9. The van der Waals surface area contributed by atoms with Crippen molar-refractivity contribution in [2.45, 2.75) is 40.7 Å². The van der Waals surface area contributed by atoms with Crippen LogP contribution in [0.15, 0.2) is 30.3 Å². The van der Waals surface area contributed by atoms with Gasteiger partial charge in [0.25, 0.3) is 0 Å². The van der Waals surface area contributed by atoms with Crippen LogP contribution >= 0.6 is 0 Å². The third-order valence-electron chi connectivity index (χ3n) is 0.940. The van der Waals surface area contributed by atoms with Crippen LogP contribution in [-0.2, 0) is 4.79 Å². The number of hydrogen-bond donors (Lipinski definition) is 2. The van der Waals surface area contributed by atoms with E-state index in [1.165, 1.54) is 19.4 Å². The minimum absolute atomic E-state index is 0. The molecule has 0 aliphatic heterocycles. The topological polar surface area (TPSA) is 110 Å². The molecule has 1 aromatic rings. The highest BCUT2D eigenvalue weighted by Gasteiger charge is 1.72. The van der Waals surface area contributed by atoms with E-state index in [1.807, 2.05) is 32.0 Å². The second-order valence-corrected chi connectivity index (χ2v) is 3.81. The van der Waals surface area contributed by atoms with Gasteiger partial charge in [0.1, 0.15) is 5.78 Å². The molecular formula is C13H28N2O2. The van der Waals surface area contributed by atoms with E-state index in [0.29, 0.717) is 6.04 Å². The van der Waals surface area contributed by atoms with Crippen LogP contribution in [0.4, 0.5) is 0 Å². The molecule has 0 saturated heterocycles. The number of carbonyl (C=O) groups excluding carboxylic acids is 1. The number of nitrogens with two attached hydrogens (primary N) is 1. The lowest BCUT2D eigenvalue weighted by atomic mass is 10.2. The number of Topliss-reactive ketones (excluding diaryl/α,β-unsaturated/α-hetero) is 1. The van der Waals surface area contributed by atoms with Crippen LogP contribution in [0, 0.1) is 6.92 Å². The van der Waals surface area contributed by atoms with E-state index in [9.17, 15) is 4.79 Å². The molecule has 0 amide bonds. The Bertz CT molecular complexity index is 242. The fourth-order valence-corrected chi connectivity index (χ4v) is 0.534. The van der Waals surface area contributed by atoms with Crippen LogP contribution in [-0.4, -0.2) is 17.3 Å². The first kappa shape index (κ1) is 24.8. The Kier molecular flexibility index (Phi) is 25.1. The van der Waals surface area contributed by atoms with Gasteiger partial charge in [-0.2, -0.15) is 0 Å². The molecular weight excluding hydrogens is 216 g/mol. The molecule has 0 radical (unpaired) electrons. The van der Waals surface area contributed by atoms with Crippen molar-refractivity contribution in [2.75, 3.05) is 0 Å². The summed E-state index contributed by atoms with van der Waals surface area (Å²) in [6, 6.07) is 10.6. The lowest BCUT2D eigenvalue weighted by molar-refractivity contribution is -0.114. The SMILES string of the molecule is CC(C)=O.CC(C)N.Cc1ccccc1.[NH4+].[OH-]. The van der Waals surface area contributed by atoms with Crippen molar-refractivity contribution in [1.29, 1.82) is 0 Å². The van der Waals surface area contributed by atoms with Crippen LogP contribution < -0.4 is 11.9 Å². The first-order valence-electron chi connectivity index (χ1n) is 5.10. The molecule has 0 spiro atoms. The molecule has 4 nitrogen and oxygen atoms in total. The van der Waals surface area contributed by atoms with Crippen LogP contribution in [0.1, 0.15) is 33.3 Å². The Labute approximate surface area is 105 Å². The molecule has 0 unspecified atom stereocenters. The van der Waals surface area contributed by atoms with E-state index in [0.717, 1.165) is 0 Å². The first-order chi connectivity index (χ1) is 6.86. The summed E-state index contributed by atoms with van der Waals surface area (Å²) >= 11 is 0. The highest BCUT2D eigenvalue weighted by Crippen LogP contribution is 1.92. The van der Waals surface area contributed by atoms with Crippen LogP contribution in [0.3, 0.4) is 0 Å². The molecule has 102 valence electrons. The first-order valence-corrected chi connectivity index (χ1v) is 5.10. The molecule has 17 heavy (non-hydrogen) atoms. The molecule has 0 heterocycles. The van der Waals surface area contributed by atoms with Crippen LogP contribution in [0.25, 0.3) is 0 Å². The van der Waals surface area contributed by atoms with Crippen molar-refractivity contribution in [1.82, 2.24) is 6.15 Å². The van der Waals surface area contributed by atoms with Crippen molar-refractivity contribution in [3.05, 3.63) is 35.9 Å². The molecule has 0 saturated carbocycles. The zero-order chi connectivity index (χ0) is 12.3. The van der Waals surface area contributed by atoms with Gasteiger partial charge in [-0.1, -0.05) is 49.7 Å². The van der Waals surface area contributed by atoms with E-state index >= 15 is 0 Å². The van der Waals surface area contributed by atoms with Gasteiger partial charge >= 0.3 is 0 Å². The van der Waals surface area contributed by atoms with Crippen molar-refractivity contribution < 1.29 is 10.3 Å². The van der Waals surface area contributed by atoms with Crippen LogP contribution in [0.2, 0.25) is 0 Å². The normalized spacial score (nSPS) is 7.24. The van der Waals surface area contributed by atoms with Crippen molar-refractivity contribution >= 4 is 5.78 Å². The van der Waals surface area contributed by atoms with Gasteiger partial charge in [-0.15, -0.1) is 0 Å². The van der Waals surface area contributed by atoms with Gasteiger partial charge in [-0.25, -0.2) is 0 Å². The number of rotatable bonds is 0. The molecule has 0 bridgehead atoms. The number of aryl methyl sites for hydroxylation is 1. The Morgan fingerprint density at radius 3 is 1.47 bits per heavy atom. The molecule has 0 aliphatic carbocycles.